The van der Waals surface area contributed by atoms with E-state index in [2.05, 4.69) is 0 Å². The van der Waals surface area contributed by atoms with Gasteiger partial charge in [-0.2, -0.15) is 13.2 Å². The minimum absolute atomic E-state index is 0. The molecule has 0 heterocycles. The number of hydrogen-bond donors (Lipinski definition) is 2. The number of hydrogen-bond acceptors (Lipinski definition) is 3. The Morgan fingerprint density at radius 3 is 2.15 bits per heavy atom. The summed E-state index contributed by atoms with van der Waals surface area (Å²) in [5.74, 6) is 0.222. The first-order valence-corrected chi connectivity index (χ1v) is 6.98. The predicted molar refractivity (Wildman–Crippen MR) is 75.9 cm³/mol. The molecule has 0 aliphatic heterocycles. The molecule has 20 heavy (non-hydrogen) atoms. The zero-order chi connectivity index (χ0) is 14.0. The second-order valence-electron chi connectivity index (χ2n) is 4.82. The monoisotopic (exact) mass is 327 g/mol. The summed E-state index contributed by atoms with van der Waals surface area (Å²) >= 11 is -0.152. The van der Waals surface area contributed by atoms with Gasteiger partial charge >= 0.3 is 5.51 Å². The van der Waals surface area contributed by atoms with Gasteiger partial charge in [0.2, 0.25) is 0 Å². The van der Waals surface area contributed by atoms with E-state index < -0.39 is 17.7 Å². The molecule has 1 aliphatic rings. The SMILES string of the molecule is Cl.N[C@H](c1ccc(SC(F)(F)F)cc1)[C@@H](O)C1CCC1. The van der Waals surface area contributed by atoms with Crippen LogP contribution in [0.5, 0.6) is 0 Å². The van der Waals surface area contributed by atoms with Crippen LogP contribution in [0.3, 0.4) is 0 Å². The summed E-state index contributed by atoms with van der Waals surface area (Å²) in [4.78, 5) is 0.126. The van der Waals surface area contributed by atoms with E-state index in [1.165, 1.54) is 12.1 Å². The number of nitrogens with two attached hydrogens (primary N) is 1. The molecule has 0 radical (unpaired) electrons. The van der Waals surface area contributed by atoms with Gasteiger partial charge in [0.25, 0.3) is 0 Å². The van der Waals surface area contributed by atoms with E-state index in [0.717, 1.165) is 19.3 Å². The minimum Gasteiger partial charge on any atom is -0.391 e. The van der Waals surface area contributed by atoms with Crippen LogP contribution in [0.15, 0.2) is 29.2 Å². The number of aliphatic hydroxyl groups is 1. The molecular formula is C13H17ClF3NOS. The molecule has 0 aromatic heterocycles. The average molecular weight is 328 g/mol. The second kappa shape index (κ2) is 7.02. The summed E-state index contributed by atoms with van der Waals surface area (Å²) in [5.41, 5.74) is 2.34. The Morgan fingerprint density at radius 2 is 1.75 bits per heavy atom. The summed E-state index contributed by atoms with van der Waals surface area (Å²) in [6.45, 7) is 0. The molecule has 0 amide bonds. The van der Waals surface area contributed by atoms with E-state index in [4.69, 9.17) is 5.73 Å². The smallest absolute Gasteiger partial charge is 0.391 e. The molecule has 2 rings (SSSR count). The molecule has 1 saturated carbocycles. The van der Waals surface area contributed by atoms with Crippen molar-refractivity contribution in [3.8, 4) is 0 Å². The maximum absolute atomic E-state index is 12.2. The topological polar surface area (TPSA) is 46.2 Å². The van der Waals surface area contributed by atoms with Crippen molar-refractivity contribution < 1.29 is 18.3 Å². The van der Waals surface area contributed by atoms with Crippen LogP contribution < -0.4 is 5.73 Å². The van der Waals surface area contributed by atoms with Crippen molar-refractivity contribution >= 4 is 24.2 Å². The Balaban J connectivity index is 0.00000200. The van der Waals surface area contributed by atoms with E-state index in [-0.39, 0.29) is 35.0 Å². The molecule has 2 atom stereocenters. The molecule has 2 nitrogen and oxygen atoms in total. The lowest BCUT2D eigenvalue weighted by atomic mass is 9.77. The Kier molecular flexibility index (Phi) is 6.19. The molecule has 1 fully saturated rings. The molecule has 0 unspecified atom stereocenters. The molecule has 7 heteroatoms. The van der Waals surface area contributed by atoms with Crippen LogP contribution in [-0.2, 0) is 0 Å². The minimum atomic E-state index is -4.28. The Bertz CT molecular complexity index is 423. The van der Waals surface area contributed by atoms with Crippen LogP contribution in [0.25, 0.3) is 0 Å². The fraction of sp³-hybridized carbons (Fsp3) is 0.538. The van der Waals surface area contributed by atoms with E-state index >= 15 is 0 Å². The Hall–Kier alpha value is -0.430. The summed E-state index contributed by atoms with van der Waals surface area (Å²) < 4.78 is 36.6. The number of rotatable bonds is 4. The molecule has 3 N–H and O–H groups in total. The van der Waals surface area contributed by atoms with Gasteiger partial charge in [-0.3, -0.25) is 0 Å². The first-order valence-electron chi connectivity index (χ1n) is 6.16. The van der Waals surface area contributed by atoms with Crippen molar-refractivity contribution in [3.63, 3.8) is 0 Å². The van der Waals surface area contributed by atoms with Crippen LogP contribution in [0.4, 0.5) is 13.2 Å². The van der Waals surface area contributed by atoms with Crippen LogP contribution in [-0.4, -0.2) is 16.7 Å². The van der Waals surface area contributed by atoms with Gasteiger partial charge in [0, 0.05) is 4.90 Å². The largest absolute Gasteiger partial charge is 0.446 e. The summed E-state index contributed by atoms with van der Waals surface area (Å²) in [5, 5.41) is 10.0. The number of benzene rings is 1. The maximum Gasteiger partial charge on any atom is 0.446 e. The highest BCUT2D eigenvalue weighted by Crippen LogP contribution is 2.38. The van der Waals surface area contributed by atoms with Gasteiger partial charge < -0.3 is 10.8 Å². The quantitative estimate of drug-likeness (QED) is 0.825. The van der Waals surface area contributed by atoms with Crippen LogP contribution in [0.2, 0.25) is 0 Å². The fourth-order valence-electron chi connectivity index (χ4n) is 2.16. The molecule has 1 aromatic carbocycles. The van der Waals surface area contributed by atoms with Crippen LogP contribution in [0, 0.1) is 5.92 Å². The molecule has 0 spiro atoms. The number of halogens is 4. The lowest BCUT2D eigenvalue weighted by Crippen LogP contribution is -2.36. The first-order chi connectivity index (χ1) is 8.87. The fourth-order valence-corrected chi connectivity index (χ4v) is 2.70. The molecule has 1 aliphatic carbocycles. The zero-order valence-corrected chi connectivity index (χ0v) is 12.3. The molecule has 0 saturated heterocycles. The van der Waals surface area contributed by atoms with Crippen molar-refractivity contribution in [3.05, 3.63) is 29.8 Å². The van der Waals surface area contributed by atoms with Gasteiger partial charge in [0.05, 0.1) is 12.1 Å². The van der Waals surface area contributed by atoms with Gasteiger partial charge in [-0.15, -0.1) is 12.4 Å². The highest BCUT2D eigenvalue weighted by Gasteiger charge is 2.31. The lowest BCUT2D eigenvalue weighted by molar-refractivity contribution is -0.0328. The molecule has 114 valence electrons. The summed E-state index contributed by atoms with van der Waals surface area (Å²) in [6.07, 6.45) is 2.43. The number of aliphatic hydroxyl groups excluding tert-OH is 1. The summed E-state index contributed by atoms with van der Waals surface area (Å²) in [7, 11) is 0. The van der Waals surface area contributed by atoms with Crippen molar-refractivity contribution in [1.29, 1.82) is 0 Å². The van der Waals surface area contributed by atoms with E-state index in [1.54, 1.807) is 12.1 Å². The highest BCUT2D eigenvalue weighted by atomic mass is 35.5. The van der Waals surface area contributed by atoms with Crippen molar-refractivity contribution in [2.45, 2.75) is 41.8 Å². The van der Waals surface area contributed by atoms with Gasteiger partial charge in [0.1, 0.15) is 0 Å². The lowest BCUT2D eigenvalue weighted by Gasteiger charge is -2.33. The third kappa shape index (κ3) is 4.55. The summed E-state index contributed by atoms with van der Waals surface area (Å²) in [6, 6.07) is 5.36. The molecule has 1 aromatic rings. The number of thioether (sulfide) groups is 1. The maximum atomic E-state index is 12.2. The molecular weight excluding hydrogens is 311 g/mol. The van der Waals surface area contributed by atoms with Gasteiger partial charge in [-0.25, -0.2) is 0 Å². The van der Waals surface area contributed by atoms with Gasteiger partial charge in [-0.05, 0) is 48.2 Å². The van der Waals surface area contributed by atoms with Crippen LogP contribution in [0.1, 0.15) is 30.9 Å². The standard InChI is InChI=1S/C13H16F3NOS.ClH/c14-13(15,16)19-10-6-4-8(5-7-10)11(17)12(18)9-2-1-3-9;/h4-7,9,11-12,18H,1-3,17H2;1H/t11-,12+;/m1./s1. The normalized spacial score (nSPS) is 18.9. The van der Waals surface area contributed by atoms with Crippen molar-refractivity contribution in [2.24, 2.45) is 11.7 Å². The predicted octanol–water partition coefficient (Wildman–Crippen LogP) is 3.88. The first kappa shape index (κ1) is 17.6. The highest BCUT2D eigenvalue weighted by molar-refractivity contribution is 8.00. The third-order valence-corrected chi connectivity index (χ3v) is 4.24. The van der Waals surface area contributed by atoms with Crippen molar-refractivity contribution in [2.75, 3.05) is 0 Å². The average Bonchev–Trinajstić information content (AvgIpc) is 2.24. The van der Waals surface area contributed by atoms with Crippen molar-refractivity contribution in [1.82, 2.24) is 0 Å². The zero-order valence-electron chi connectivity index (χ0n) is 10.6. The van der Waals surface area contributed by atoms with Crippen LogP contribution >= 0.6 is 24.2 Å². The second-order valence-corrected chi connectivity index (χ2v) is 5.96. The van der Waals surface area contributed by atoms with Gasteiger partial charge in [0.15, 0.2) is 0 Å². The van der Waals surface area contributed by atoms with E-state index in [1.807, 2.05) is 0 Å². The van der Waals surface area contributed by atoms with E-state index in [9.17, 15) is 18.3 Å². The molecule has 0 bridgehead atoms. The van der Waals surface area contributed by atoms with Gasteiger partial charge in [-0.1, -0.05) is 18.6 Å². The Labute approximate surface area is 126 Å². The number of alkyl halides is 3. The van der Waals surface area contributed by atoms with E-state index in [0.29, 0.717) is 5.56 Å². The Morgan fingerprint density at radius 1 is 1.20 bits per heavy atom. The third-order valence-electron chi connectivity index (χ3n) is 3.50.